The van der Waals surface area contributed by atoms with E-state index in [9.17, 15) is 18.7 Å². The van der Waals surface area contributed by atoms with Crippen LogP contribution in [0.1, 0.15) is 10.4 Å². The Kier molecular flexibility index (Phi) is 4.11. The molecule has 20 heavy (non-hydrogen) atoms. The number of aromatic hydroxyl groups is 1. The van der Waals surface area contributed by atoms with Gasteiger partial charge in [-0.15, -0.1) is 0 Å². The molecule has 1 amide bonds. The number of rotatable bonds is 2. The third kappa shape index (κ3) is 3.00. The number of phenols is 1. The number of nitrogens with one attached hydrogen (secondary N) is 1. The lowest BCUT2D eigenvalue weighted by Gasteiger charge is -2.08. The number of carbonyl (C=O) groups is 1. The van der Waals surface area contributed by atoms with Gasteiger partial charge in [0.1, 0.15) is 17.4 Å². The lowest BCUT2D eigenvalue weighted by Crippen LogP contribution is -2.14. The number of carbonyl (C=O) groups excluding carboxylic acids is 1. The molecule has 0 atom stereocenters. The third-order valence-electron chi connectivity index (χ3n) is 2.46. The summed E-state index contributed by atoms with van der Waals surface area (Å²) in [6, 6.07) is 5.32. The van der Waals surface area contributed by atoms with E-state index in [-0.39, 0.29) is 16.5 Å². The number of halogens is 4. The molecule has 2 aromatic carbocycles. The highest BCUT2D eigenvalue weighted by Gasteiger charge is 2.16. The highest BCUT2D eigenvalue weighted by molar-refractivity contribution is 6.32. The molecule has 0 aromatic heterocycles. The van der Waals surface area contributed by atoms with Crippen LogP contribution in [0.15, 0.2) is 30.3 Å². The van der Waals surface area contributed by atoms with Gasteiger partial charge in [0.25, 0.3) is 5.91 Å². The number of benzene rings is 2. The minimum absolute atomic E-state index is 0.0190. The third-order valence-corrected chi connectivity index (χ3v) is 3.05. The number of hydrogen-bond donors (Lipinski definition) is 2. The van der Waals surface area contributed by atoms with Crippen molar-refractivity contribution in [2.24, 2.45) is 0 Å². The van der Waals surface area contributed by atoms with Gasteiger partial charge in [-0.1, -0.05) is 23.2 Å². The summed E-state index contributed by atoms with van der Waals surface area (Å²) in [5.41, 5.74) is -0.261. The van der Waals surface area contributed by atoms with Gasteiger partial charge in [-0.25, -0.2) is 8.78 Å². The van der Waals surface area contributed by atoms with E-state index in [2.05, 4.69) is 5.32 Å². The Morgan fingerprint density at radius 1 is 1.05 bits per heavy atom. The molecule has 0 aliphatic heterocycles. The fourth-order valence-electron chi connectivity index (χ4n) is 1.48. The molecular formula is C13H7Cl2F2NO2. The summed E-state index contributed by atoms with van der Waals surface area (Å²) in [7, 11) is 0. The molecule has 0 aliphatic carbocycles. The number of hydrogen-bond acceptors (Lipinski definition) is 2. The molecule has 0 saturated carbocycles. The Morgan fingerprint density at radius 3 is 2.40 bits per heavy atom. The van der Waals surface area contributed by atoms with Crippen LogP contribution in [0.25, 0.3) is 0 Å². The highest BCUT2D eigenvalue weighted by atomic mass is 35.5. The van der Waals surface area contributed by atoms with Crippen LogP contribution in [0.2, 0.25) is 10.0 Å². The summed E-state index contributed by atoms with van der Waals surface area (Å²) in [6.07, 6.45) is 0. The minimum Gasteiger partial charge on any atom is -0.506 e. The molecule has 0 radical (unpaired) electrons. The van der Waals surface area contributed by atoms with E-state index in [0.717, 1.165) is 6.07 Å². The lowest BCUT2D eigenvalue weighted by molar-refractivity contribution is 0.102. The zero-order valence-corrected chi connectivity index (χ0v) is 11.3. The summed E-state index contributed by atoms with van der Waals surface area (Å²) in [4.78, 5) is 11.8. The van der Waals surface area contributed by atoms with Crippen LogP contribution in [0.4, 0.5) is 14.5 Å². The number of amides is 1. The Morgan fingerprint density at radius 2 is 1.75 bits per heavy atom. The molecule has 0 bridgehead atoms. The van der Waals surface area contributed by atoms with Gasteiger partial charge < -0.3 is 10.4 Å². The Labute approximate surface area is 122 Å². The molecule has 0 spiro atoms. The first-order chi connectivity index (χ1) is 9.38. The predicted octanol–water partition coefficient (Wildman–Crippen LogP) is 4.23. The molecule has 2 rings (SSSR count). The van der Waals surface area contributed by atoms with Crippen LogP contribution in [0, 0.1) is 11.6 Å². The van der Waals surface area contributed by atoms with E-state index >= 15 is 0 Å². The first-order valence-corrected chi connectivity index (χ1v) is 6.08. The predicted molar refractivity (Wildman–Crippen MR) is 72.4 cm³/mol. The molecule has 7 heteroatoms. The first kappa shape index (κ1) is 14.6. The molecule has 104 valence electrons. The molecule has 0 heterocycles. The van der Waals surface area contributed by atoms with Crippen molar-refractivity contribution in [2.75, 3.05) is 5.32 Å². The van der Waals surface area contributed by atoms with Gasteiger partial charge >= 0.3 is 0 Å². The number of anilines is 1. The van der Waals surface area contributed by atoms with Crippen molar-refractivity contribution in [3.05, 3.63) is 57.6 Å². The Bertz CT molecular complexity index is 692. The summed E-state index contributed by atoms with van der Waals surface area (Å²) in [5.74, 6) is -2.87. The second kappa shape index (κ2) is 5.64. The fraction of sp³-hybridized carbons (Fsp3) is 0. The monoisotopic (exact) mass is 317 g/mol. The largest absolute Gasteiger partial charge is 0.506 e. The minimum atomic E-state index is -0.946. The molecule has 0 unspecified atom stereocenters. The summed E-state index contributed by atoms with van der Waals surface area (Å²) < 4.78 is 26.8. The van der Waals surface area contributed by atoms with Crippen LogP contribution in [-0.2, 0) is 0 Å². The molecule has 0 saturated heterocycles. The lowest BCUT2D eigenvalue weighted by atomic mass is 10.2. The zero-order valence-electron chi connectivity index (χ0n) is 9.75. The zero-order chi connectivity index (χ0) is 14.9. The average molecular weight is 318 g/mol. The van der Waals surface area contributed by atoms with Crippen molar-refractivity contribution in [3.8, 4) is 5.75 Å². The normalized spacial score (nSPS) is 10.4. The SMILES string of the molecule is O=C(Nc1ccc(O)c(Cl)c1)c1cc(F)c(Cl)cc1F. The van der Waals surface area contributed by atoms with Gasteiger partial charge in [0.05, 0.1) is 15.6 Å². The van der Waals surface area contributed by atoms with Crippen molar-refractivity contribution < 1.29 is 18.7 Å². The van der Waals surface area contributed by atoms with Crippen LogP contribution in [0.3, 0.4) is 0 Å². The first-order valence-electron chi connectivity index (χ1n) is 5.33. The van der Waals surface area contributed by atoms with E-state index in [0.29, 0.717) is 6.07 Å². The van der Waals surface area contributed by atoms with Gasteiger partial charge in [0.2, 0.25) is 0 Å². The standard InChI is InChI=1S/C13H7Cl2F2NO2/c14-8-5-10(16)7(4-11(8)17)13(20)18-6-1-2-12(19)9(15)3-6/h1-5,19H,(H,18,20). The van der Waals surface area contributed by atoms with Crippen LogP contribution in [-0.4, -0.2) is 11.0 Å². The maximum absolute atomic E-state index is 13.5. The summed E-state index contributed by atoms with van der Waals surface area (Å²) >= 11 is 11.1. The van der Waals surface area contributed by atoms with E-state index in [1.807, 2.05) is 0 Å². The van der Waals surface area contributed by atoms with Crippen molar-refractivity contribution >= 4 is 34.8 Å². The van der Waals surface area contributed by atoms with Crippen molar-refractivity contribution in [2.45, 2.75) is 0 Å². The molecule has 2 aromatic rings. The molecule has 0 aliphatic rings. The maximum Gasteiger partial charge on any atom is 0.258 e. The van der Waals surface area contributed by atoms with Crippen LogP contribution in [0.5, 0.6) is 5.75 Å². The topological polar surface area (TPSA) is 49.3 Å². The van der Waals surface area contributed by atoms with Gasteiger partial charge in [0.15, 0.2) is 0 Å². The van der Waals surface area contributed by atoms with Gasteiger partial charge in [0, 0.05) is 5.69 Å². The summed E-state index contributed by atoms with van der Waals surface area (Å²) in [6.45, 7) is 0. The van der Waals surface area contributed by atoms with Gasteiger partial charge in [-0.3, -0.25) is 4.79 Å². The van der Waals surface area contributed by atoms with Gasteiger partial charge in [-0.05, 0) is 30.3 Å². The van der Waals surface area contributed by atoms with Crippen molar-refractivity contribution in [1.29, 1.82) is 0 Å². The second-order valence-electron chi connectivity index (χ2n) is 3.87. The quantitative estimate of drug-likeness (QED) is 0.643. The van der Waals surface area contributed by atoms with E-state index < -0.39 is 28.1 Å². The molecule has 0 fully saturated rings. The summed E-state index contributed by atoms with van der Waals surface area (Å²) in [5, 5.41) is 11.2. The maximum atomic E-state index is 13.5. The van der Waals surface area contributed by atoms with E-state index in [4.69, 9.17) is 23.2 Å². The van der Waals surface area contributed by atoms with Crippen LogP contribution < -0.4 is 5.32 Å². The van der Waals surface area contributed by atoms with E-state index in [1.165, 1.54) is 18.2 Å². The van der Waals surface area contributed by atoms with Gasteiger partial charge in [-0.2, -0.15) is 0 Å². The fourth-order valence-corrected chi connectivity index (χ4v) is 1.81. The molecule has 2 N–H and O–H groups in total. The smallest absolute Gasteiger partial charge is 0.258 e. The van der Waals surface area contributed by atoms with Crippen molar-refractivity contribution in [1.82, 2.24) is 0 Å². The van der Waals surface area contributed by atoms with Crippen LogP contribution >= 0.6 is 23.2 Å². The Hall–Kier alpha value is -1.85. The Balaban J connectivity index is 2.28. The second-order valence-corrected chi connectivity index (χ2v) is 4.68. The van der Waals surface area contributed by atoms with E-state index in [1.54, 1.807) is 0 Å². The molecule has 3 nitrogen and oxygen atoms in total. The molecular weight excluding hydrogens is 311 g/mol. The van der Waals surface area contributed by atoms with Crippen molar-refractivity contribution in [3.63, 3.8) is 0 Å². The average Bonchev–Trinajstić information content (AvgIpc) is 2.38. The number of phenolic OH excluding ortho intramolecular Hbond substituents is 1. The highest BCUT2D eigenvalue weighted by Crippen LogP contribution is 2.27.